The van der Waals surface area contributed by atoms with E-state index in [0.29, 0.717) is 0 Å². The molecule has 1 N–H and O–H groups in total. The van der Waals surface area contributed by atoms with E-state index < -0.39 is 0 Å². The third-order valence-corrected chi connectivity index (χ3v) is 5.29. The average molecular weight is 352 g/mol. The van der Waals surface area contributed by atoms with Crippen LogP contribution >= 0.6 is 0 Å². The molecule has 0 amide bonds. The van der Waals surface area contributed by atoms with Gasteiger partial charge in [-0.05, 0) is 65.8 Å². The maximum Gasteiger partial charge on any atom is 0.161 e. The number of aliphatic imine (C=N–C) groups is 1. The summed E-state index contributed by atoms with van der Waals surface area (Å²) in [6.07, 6.45) is 4.28. The quantitative estimate of drug-likeness (QED) is 0.677. The van der Waals surface area contributed by atoms with Gasteiger partial charge in [-0.2, -0.15) is 0 Å². The van der Waals surface area contributed by atoms with E-state index in [1.54, 1.807) is 14.2 Å². The Bertz CT molecular complexity index is 847. The number of aliphatic hydroxyl groups excluding tert-OH is 1. The zero-order valence-corrected chi connectivity index (χ0v) is 15.2. The smallest absolute Gasteiger partial charge is 0.161 e. The Morgan fingerprint density at radius 2 is 1.81 bits per heavy atom. The molecule has 0 bridgehead atoms. The molecular weight excluding hydrogens is 328 g/mol. The standard InChI is InChI=1S/C21H24N2O3/c1-25-20-9-15-7-8-23(12-16(15)10-21(20)26-2)13-22-17-5-3-14-4-6-19(24)18(14)11-17/h3,5,9-11,13,19,24H,4,6-8,12H2,1-2H3. The maximum atomic E-state index is 10.0. The number of rotatable bonds is 4. The maximum absolute atomic E-state index is 10.0. The third-order valence-electron chi connectivity index (χ3n) is 5.29. The first-order valence-corrected chi connectivity index (χ1v) is 9.01. The van der Waals surface area contributed by atoms with Crippen molar-refractivity contribution < 1.29 is 14.6 Å². The fourth-order valence-corrected chi connectivity index (χ4v) is 3.80. The van der Waals surface area contributed by atoms with Crippen molar-refractivity contribution in [2.45, 2.75) is 31.9 Å². The lowest BCUT2D eigenvalue weighted by Crippen LogP contribution is -2.29. The molecule has 136 valence electrons. The van der Waals surface area contributed by atoms with E-state index in [-0.39, 0.29) is 6.10 Å². The van der Waals surface area contributed by atoms with Crippen LogP contribution in [0.25, 0.3) is 0 Å². The molecule has 5 heteroatoms. The largest absolute Gasteiger partial charge is 0.493 e. The molecule has 2 aromatic carbocycles. The Morgan fingerprint density at radius 1 is 1.04 bits per heavy atom. The van der Waals surface area contributed by atoms with E-state index in [1.807, 2.05) is 18.5 Å². The van der Waals surface area contributed by atoms with Crippen LogP contribution < -0.4 is 9.47 Å². The zero-order chi connectivity index (χ0) is 18.1. The topological polar surface area (TPSA) is 54.3 Å². The van der Waals surface area contributed by atoms with Crippen molar-refractivity contribution in [2.75, 3.05) is 20.8 Å². The highest BCUT2D eigenvalue weighted by molar-refractivity contribution is 5.63. The van der Waals surface area contributed by atoms with Gasteiger partial charge in [0.05, 0.1) is 32.3 Å². The summed E-state index contributed by atoms with van der Waals surface area (Å²) in [5, 5.41) is 10.0. The number of benzene rings is 2. The monoisotopic (exact) mass is 352 g/mol. The lowest BCUT2D eigenvalue weighted by Gasteiger charge is -2.27. The minimum atomic E-state index is -0.343. The molecule has 0 fully saturated rings. The molecule has 0 spiro atoms. The lowest BCUT2D eigenvalue weighted by molar-refractivity contribution is 0.180. The predicted molar refractivity (Wildman–Crippen MR) is 102 cm³/mol. The van der Waals surface area contributed by atoms with Crippen molar-refractivity contribution in [3.8, 4) is 11.5 Å². The Morgan fingerprint density at radius 3 is 2.58 bits per heavy atom. The van der Waals surface area contributed by atoms with E-state index in [4.69, 9.17) is 9.47 Å². The molecule has 1 aliphatic heterocycles. The van der Waals surface area contributed by atoms with Gasteiger partial charge in [-0.1, -0.05) is 6.07 Å². The van der Waals surface area contributed by atoms with Gasteiger partial charge in [-0.25, -0.2) is 4.99 Å². The summed E-state index contributed by atoms with van der Waals surface area (Å²) in [5.41, 5.74) is 5.70. The van der Waals surface area contributed by atoms with Gasteiger partial charge in [-0.3, -0.25) is 0 Å². The minimum Gasteiger partial charge on any atom is -0.493 e. The molecule has 2 aromatic rings. The second-order valence-electron chi connectivity index (χ2n) is 6.88. The van der Waals surface area contributed by atoms with Crippen LogP contribution in [0.3, 0.4) is 0 Å². The Hall–Kier alpha value is -2.53. The molecule has 1 aliphatic carbocycles. The number of aryl methyl sites for hydroxylation is 1. The molecular formula is C21H24N2O3. The molecule has 4 rings (SSSR count). The third kappa shape index (κ3) is 3.15. The van der Waals surface area contributed by atoms with E-state index in [1.165, 1.54) is 16.7 Å². The van der Waals surface area contributed by atoms with Crippen molar-refractivity contribution >= 4 is 12.0 Å². The molecule has 1 atom stereocenters. The van der Waals surface area contributed by atoms with Crippen LogP contribution in [0.15, 0.2) is 35.3 Å². The van der Waals surface area contributed by atoms with Crippen LogP contribution in [-0.2, 0) is 19.4 Å². The minimum absolute atomic E-state index is 0.343. The van der Waals surface area contributed by atoms with Crippen LogP contribution in [0.1, 0.15) is 34.8 Å². The second kappa shape index (κ2) is 7.00. The highest BCUT2D eigenvalue weighted by Gasteiger charge is 2.20. The Kier molecular flexibility index (Phi) is 4.55. The van der Waals surface area contributed by atoms with E-state index in [9.17, 15) is 5.11 Å². The molecule has 0 radical (unpaired) electrons. The summed E-state index contributed by atoms with van der Waals surface area (Å²) in [7, 11) is 3.33. The summed E-state index contributed by atoms with van der Waals surface area (Å²) in [6, 6.07) is 10.2. The van der Waals surface area contributed by atoms with Gasteiger partial charge in [0.25, 0.3) is 0 Å². The van der Waals surface area contributed by atoms with Crippen molar-refractivity contribution in [1.29, 1.82) is 0 Å². The molecule has 1 heterocycles. The number of hydrogen-bond donors (Lipinski definition) is 1. The first-order valence-electron chi connectivity index (χ1n) is 9.01. The van der Waals surface area contributed by atoms with Gasteiger partial charge >= 0.3 is 0 Å². The van der Waals surface area contributed by atoms with Gasteiger partial charge in [0.2, 0.25) is 0 Å². The zero-order valence-electron chi connectivity index (χ0n) is 15.2. The number of hydrogen-bond acceptors (Lipinski definition) is 4. The molecule has 0 saturated heterocycles. The first-order chi connectivity index (χ1) is 12.7. The normalized spacial score (nSPS) is 18.7. The molecule has 5 nitrogen and oxygen atoms in total. The van der Waals surface area contributed by atoms with Crippen molar-refractivity contribution in [3.05, 3.63) is 52.6 Å². The Labute approximate surface area is 153 Å². The fraction of sp³-hybridized carbons (Fsp3) is 0.381. The summed E-state index contributed by atoms with van der Waals surface area (Å²) in [6.45, 7) is 1.71. The van der Waals surface area contributed by atoms with Gasteiger partial charge in [-0.15, -0.1) is 0 Å². The summed E-state index contributed by atoms with van der Waals surface area (Å²) < 4.78 is 10.8. The summed E-state index contributed by atoms with van der Waals surface area (Å²) in [5.74, 6) is 1.54. The van der Waals surface area contributed by atoms with E-state index in [2.05, 4.69) is 28.1 Å². The highest BCUT2D eigenvalue weighted by Crippen LogP contribution is 2.34. The molecule has 1 unspecified atom stereocenters. The lowest BCUT2D eigenvalue weighted by atomic mass is 9.99. The van der Waals surface area contributed by atoms with Crippen LogP contribution in [-0.4, -0.2) is 37.1 Å². The fourth-order valence-electron chi connectivity index (χ4n) is 3.80. The number of ether oxygens (including phenoxy) is 2. The average Bonchev–Trinajstić information content (AvgIpc) is 3.05. The van der Waals surface area contributed by atoms with Gasteiger partial charge in [0.15, 0.2) is 11.5 Å². The summed E-state index contributed by atoms with van der Waals surface area (Å²) >= 11 is 0. The van der Waals surface area contributed by atoms with Crippen LogP contribution in [0.5, 0.6) is 11.5 Å². The first kappa shape index (κ1) is 16.9. The van der Waals surface area contributed by atoms with Crippen LogP contribution in [0.4, 0.5) is 5.69 Å². The van der Waals surface area contributed by atoms with Crippen molar-refractivity contribution in [2.24, 2.45) is 4.99 Å². The van der Waals surface area contributed by atoms with Crippen molar-refractivity contribution in [1.82, 2.24) is 4.90 Å². The molecule has 26 heavy (non-hydrogen) atoms. The number of aliphatic hydroxyl groups is 1. The summed E-state index contributed by atoms with van der Waals surface area (Å²) in [4.78, 5) is 6.83. The molecule has 2 aliphatic rings. The second-order valence-corrected chi connectivity index (χ2v) is 6.88. The Balaban J connectivity index is 1.51. The SMILES string of the molecule is COc1cc2c(cc1OC)CN(C=Nc1ccc3c(c1)C(O)CC3)CC2. The highest BCUT2D eigenvalue weighted by atomic mass is 16.5. The predicted octanol–water partition coefficient (Wildman–Crippen LogP) is 3.40. The van der Waals surface area contributed by atoms with Gasteiger partial charge < -0.3 is 19.5 Å². The van der Waals surface area contributed by atoms with Gasteiger partial charge in [0, 0.05) is 13.1 Å². The number of methoxy groups -OCH3 is 2. The van der Waals surface area contributed by atoms with E-state index >= 15 is 0 Å². The number of fused-ring (bicyclic) bond motifs is 2. The van der Waals surface area contributed by atoms with Crippen molar-refractivity contribution in [3.63, 3.8) is 0 Å². The molecule has 0 aromatic heterocycles. The van der Waals surface area contributed by atoms with E-state index in [0.717, 1.165) is 55.1 Å². The number of nitrogens with zero attached hydrogens (tertiary/aromatic N) is 2. The van der Waals surface area contributed by atoms with Crippen LogP contribution in [0, 0.1) is 0 Å². The van der Waals surface area contributed by atoms with Gasteiger partial charge in [0.1, 0.15) is 0 Å². The van der Waals surface area contributed by atoms with Crippen LogP contribution in [0.2, 0.25) is 0 Å². The molecule has 0 saturated carbocycles.